The molecular formula is C12H20ClN3. The van der Waals surface area contributed by atoms with Gasteiger partial charge in [-0.05, 0) is 25.7 Å². The number of hydrogen-bond donors (Lipinski definition) is 1. The first kappa shape index (κ1) is 11.9. The van der Waals surface area contributed by atoms with Crippen LogP contribution in [0.5, 0.6) is 0 Å². The second-order valence-corrected chi connectivity index (χ2v) is 5.33. The van der Waals surface area contributed by atoms with Crippen LogP contribution in [0.3, 0.4) is 0 Å². The molecule has 0 saturated heterocycles. The molecule has 0 amide bonds. The van der Waals surface area contributed by atoms with Gasteiger partial charge in [-0.2, -0.15) is 5.10 Å². The second kappa shape index (κ2) is 4.76. The quantitative estimate of drug-likeness (QED) is 0.880. The molecule has 1 saturated carbocycles. The van der Waals surface area contributed by atoms with Gasteiger partial charge in [0.25, 0.3) is 0 Å². The maximum Gasteiger partial charge on any atom is 0.130 e. The number of nitrogens with two attached hydrogens (primary N) is 1. The molecule has 1 aromatic heterocycles. The van der Waals surface area contributed by atoms with Gasteiger partial charge in [0.1, 0.15) is 5.15 Å². The van der Waals surface area contributed by atoms with E-state index in [1.54, 1.807) is 4.68 Å². The first-order valence-electron chi connectivity index (χ1n) is 6.01. The molecule has 1 aliphatic carbocycles. The van der Waals surface area contributed by atoms with Crippen molar-refractivity contribution in [2.75, 3.05) is 0 Å². The van der Waals surface area contributed by atoms with Crippen LogP contribution in [-0.2, 0) is 13.5 Å². The molecular weight excluding hydrogens is 222 g/mol. The Kier molecular flexibility index (Phi) is 3.55. The minimum absolute atomic E-state index is 0.227. The monoisotopic (exact) mass is 241 g/mol. The molecule has 4 heteroatoms. The lowest BCUT2D eigenvalue weighted by molar-refractivity contribution is 0.275. The molecule has 1 fully saturated rings. The SMILES string of the molecule is Cc1nn(C)c(Cl)c1CC(N)CC1CCC1. The zero-order valence-electron chi connectivity index (χ0n) is 10.0. The van der Waals surface area contributed by atoms with E-state index in [9.17, 15) is 0 Å². The van der Waals surface area contributed by atoms with Gasteiger partial charge in [-0.1, -0.05) is 30.9 Å². The van der Waals surface area contributed by atoms with E-state index in [-0.39, 0.29) is 6.04 Å². The average Bonchev–Trinajstić information content (AvgIpc) is 2.39. The molecule has 1 aliphatic rings. The lowest BCUT2D eigenvalue weighted by Gasteiger charge is -2.28. The molecule has 0 aliphatic heterocycles. The van der Waals surface area contributed by atoms with E-state index in [1.165, 1.54) is 19.3 Å². The fraction of sp³-hybridized carbons (Fsp3) is 0.750. The highest BCUT2D eigenvalue weighted by atomic mass is 35.5. The van der Waals surface area contributed by atoms with Crippen molar-refractivity contribution in [3.05, 3.63) is 16.4 Å². The molecule has 16 heavy (non-hydrogen) atoms. The summed E-state index contributed by atoms with van der Waals surface area (Å²) in [5.74, 6) is 0.853. The highest BCUT2D eigenvalue weighted by molar-refractivity contribution is 6.30. The summed E-state index contributed by atoms with van der Waals surface area (Å²) in [5.41, 5.74) is 8.30. The molecule has 2 N–H and O–H groups in total. The van der Waals surface area contributed by atoms with E-state index >= 15 is 0 Å². The van der Waals surface area contributed by atoms with E-state index in [1.807, 2.05) is 14.0 Å². The summed E-state index contributed by atoms with van der Waals surface area (Å²) in [7, 11) is 1.87. The number of halogens is 1. The summed E-state index contributed by atoms with van der Waals surface area (Å²) in [6.07, 6.45) is 6.07. The topological polar surface area (TPSA) is 43.8 Å². The third-order valence-electron chi connectivity index (χ3n) is 3.60. The van der Waals surface area contributed by atoms with Crippen LogP contribution in [0.2, 0.25) is 5.15 Å². The van der Waals surface area contributed by atoms with Crippen LogP contribution < -0.4 is 5.73 Å². The fourth-order valence-electron chi connectivity index (χ4n) is 2.41. The maximum absolute atomic E-state index is 6.19. The van der Waals surface area contributed by atoms with Gasteiger partial charge in [-0.25, -0.2) is 0 Å². The normalized spacial score (nSPS) is 18.5. The van der Waals surface area contributed by atoms with E-state index in [0.717, 1.165) is 35.2 Å². The Bertz CT molecular complexity index is 369. The van der Waals surface area contributed by atoms with Crippen molar-refractivity contribution in [3.8, 4) is 0 Å². The van der Waals surface area contributed by atoms with Crippen LogP contribution in [-0.4, -0.2) is 15.8 Å². The van der Waals surface area contributed by atoms with Gasteiger partial charge in [0.15, 0.2) is 0 Å². The second-order valence-electron chi connectivity index (χ2n) is 4.98. The van der Waals surface area contributed by atoms with Crippen LogP contribution in [0.15, 0.2) is 0 Å². The molecule has 3 nitrogen and oxygen atoms in total. The van der Waals surface area contributed by atoms with E-state index in [0.29, 0.717) is 0 Å². The average molecular weight is 242 g/mol. The van der Waals surface area contributed by atoms with Gasteiger partial charge in [0.2, 0.25) is 0 Å². The first-order valence-corrected chi connectivity index (χ1v) is 6.39. The molecule has 1 heterocycles. The Balaban J connectivity index is 1.96. The van der Waals surface area contributed by atoms with Crippen LogP contribution >= 0.6 is 11.6 Å². The maximum atomic E-state index is 6.19. The zero-order valence-corrected chi connectivity index (χ0v) is 10.8. The van der Waals surface area contributed by atoms with Crippen molar-refractivity contribution in [1.82, 2.24) is 9.78 Å². The molecule has 0 aromatic carbocycles. The third-order valence-corrected chi connectivity index (χ3v) is 4.07. The van der Waals surface area contributed by atoms with Gasteiger partial charge in [0, 0.05) is 18.7 Å². The summed E-state index contributed by atoms with van der Waals surface area (Å²) in [4.78, 5) is 0. The molecule has 1 unspecified atom stereocenters. The Morgan fingerprint density at radius 3 is 2.69 bits per heavy atom. The van der Waals surface area contributed by atoms with E-state index in [4.69, 9.17) is 17.3 Å². The van der Waals surface area contributed by atoms with Gasteiger partial charge >= 0.3 is 0 Å². The number of rotatable bonds is 4. The van der Waals surface area contributed by atoms with E-state index < -0.39 is 0 Å². The van der Waals surface area contributed by atoms with Crippen molar-refractivity contribution < 1.29 is 0 Å². The van der Waals surface area contributed by atoms with Gasteiger partial charge in [-0.15, -0.1) is 0 Å². The Morgan fingerprint density at radius 1 is 1.56 bits per heavy atom. The molecule has 2 rings (SSSR count). The predicted octanol–water partition coefficient (Wildman–Crippen LogP) is 2.44. The highest BCUT2D eigenvalue weighted by Gasteiger charge is 2.22. The van der Waals surface area contributed by atoms with Crippen LogP contribution in [0.1, 0.15) is 36.9 Å². The first-order chi connectivity index (χ1) is 7.58. The molecule has 0 radical (unpaired) electrons. The number of aromatic nitrogens is 2. The minimum atomic E-state index is 0.227. The molecule has 1 aromatic rings. The zero-order chi connectivity index (χ0) is 11.7. The predicted molar refractivity (Wildman–Crippen MR) is 66.6 cm³/mol. The standard InChI is InChI=1S/C12H20ClN3/c1-8-11(12(13)16(2)15-8)7-10(14)6-9-4-3-5-9/h9-10H,3-7,14H2,1-2H3. The number of nitrogens with zero attached hydrogens (tertiary/aromatic N) is 2. The summed E-state index contributed by atoms with van der Waals surface area (Å²) >= 11 is 6.19. The van der Waals surface area contributed by atoms with Crippen LogP contribution in [0, 0.1) is 12.8 Å². The summed E-state index contributed by atoms with van der Waals surface area (Å²) < 4.78 is 1.72. The summed E-state index contributed by atoms with van der Waals surface area (Å²) in [5, 5.41) is 5.04. The van der Waals surface area contributed by atoms with Crippen molar-refractivity contribution in [1.29, 1.82) is 0 Å². The Morgan fingerprint density at radius 2 is 2.25 bits per heavy atom. The largest absolute Gasteiger partial charge is 0.327 e. The third kappa shape index (κ3) is 2.41. The Labute approximate surface area is 102 Å². The van der Waals surface area contributed by atoms with Gasteiger partial charge in [-0.3, -0.25) is 4.68 Å². The molecule has 90 valence electrons. The van der Waals surface area contributed by atoms with Crippen molar-refractivity contribution >= 4 is 11.6 Å². The summed E-state index contributed by atoms with van der Waals surface area (Å²) in [6, 6.07) is 0.227. The van der Waals surface area contributed by atoms with Gasteiger partial charge in [0.05, 0.1) is 5.69 Å². The lowest BCUT2D eigenvalue weighted by Crippen LogP contribution is -2.28. The van der Waals surface area contributed by atoms with Crippen molar-refractivity contribution in [3.63, 3.8) is 0 Å². The van der Waals surface area contributed by atoms with Crippen molar-refractivity contribution in [2.45, 2.75) is 45.1 Å². The smallest absolute Gasteiger partial charge is 0.130 e. The number of hydrogen-bond acceptors (Lipinski definition) is 2. The lowest BCUT2D eigenvalue weighted by atomic mass is 9.80. The fourth-order valence-corrected chi connectivity index (χ4v) is 2.66. The molecule has 1 atom stereocenters. The summed E-state index contributed by atoms with van der Waals surface area (Å²) in [6.45, 7) is 2.00. The molecule has 0 bridgehead atoms. The van der Waals surface area contributed by atoms with Gasteiger partial charge < -0.3 is 5.73 Å². The number of aryl methyl sites for hydroxylation is 2. The van der Waals surface area contributed by atoms with Crippen molar-refractivity contribution in [2.24, 2.45) is 18.7 Å². The molecule has 0 spiro atoms. The van der Waals surface area contributed by atoms with Crippen LogP contribution in [0.4, 0.5) is 0 Å². The van der Waals surface area contributed by atoms with Crippen LogP contribution in [0.25, 0.3) is 0 Å². The highest BCUT2D eigenvalue weighted by Crippen LogP contribution is 2.31. The minimum Gasteiger partial charge on any atom is -0.327 e. The van der Waals surface area contributed by atoms with E-state index in [2.05, 4.69) is 5.10 Å². The Hall–Kier alpha value is -0.540.